The van der Waals surface area contributed by atoms with E-state index in [4.69, 9.17) is 14.1 Å². The number of imidazole rings is 1. The maximum absolute atomic E-state index is 12.9. The van der Waals surface area contributed by atoms with E-state index >= 15 is 0 Å². The second-order valence-electron chi connectivity index (χ2n) is 8.73. The number of aromatic amines is 1. The standard InChI is InChI=1S/C27H26N4O5/c1-3-4-12-30-22(16-35-19-10-11-20-17(2)13-23(32)36-21(20)14-19)28-25-24(30)26(33)29-27(34)31(25)15-18-8-6-5-7-9-18/h5-11,13-14H,3-4,12,15-16H2,1-2H3,(H,29,33,34). The van der Waals surface area contributed by atoms with Crippen LogP contribution < -0.4 is 21.6 Å². The van der Waals surface area contributed by atoms with Crippen LogP contribution in [0.2, 0.25) is 0 Å². The molecule has 184 valence electrons. The molecule has 0 amide bonds. The van der Waals surface area contributed by atoms with Crippen LogP contribution in [0.5, 0.6) is 5.75 Å². The molecule has 5 aromatic rings. The number of hydrogen-bond acceptors (Lipinski definition) is 6. The minimum absolute atomic E-state index is 0.0684. The number of hydrogen-bond donors (Lipinski definition) is 1. The quantitative estimate of drug-likeness (QED) is 0.335. The zero-order valence-electron chi connectivity index (χ0n) is 20.1. The van der Waals surface area contributed by atoms with Crippen molar-refractivity contribution in [3.63, 3.8) is 0 Å². The van der Waals surface area contributed by atoms with Crippen molar-refractivity contribution in [1.82, 2.24) is 19.1 Å². The molecule has 3 aromatic heterocycles. The summed E-state index contributed by atoms with van der Waals surface area (Å²) in [6.45, 7) is 4.82. The van der Waals surface area contributed by atoms with Gasteiger partial charge in [0, 0.05) is 24.1 Å². The Balaban J connectivity index is 1.55. The number of unbranched alkanes of at least 4 members (excludes halogenated alkanes) is 1. The smallest absolute Gasteiger partial charge is 0.336 e. The van der Waals surface area contributed by atoms with Crippen LogP contribution >= 0.6 is 0 Å². The minimum Gasteiger partial charge on any atom is -0.486 e. The van der Waals surface area contributed by atoms with E-state index in [2.05, 4.69) is 11.9 Å². The first-order valence-electron chi connectivity index (χ1n) is 11.9. The summed E-state index contributed by atoms with van der Waals surface area (Å²) in [6, 6.07) is 16.3. The first kappa shape index (κ1) is 23.3. The zero-order valence-corrected chi connectivity index (χ0v) is 20.1. The number of fused-ring (bicyclic) bond motifs is 2. The molecular formula is C27H26N4O5. The molecule has 0 aliphatic heterocycles. The molecule has 9 heteroatoms. The molecule has 9 nitrogen and oxygen atoms in total. The lowest BCUT2D eigenvalue weighted by Gasteiger charge is -2.10. The number of benzene rings is 2. The monoisotopic (exact) mass is 486 g/mol. The van der Waals surface area contributed by atoms with Crippen molar-refractivity contribution in [3.05, 3.63) is 103 Å². The number of ether oxygens (including phenoxy) is 1. The lowest BCUT2D eigenvalue weighted by Crippen LogP contribution is -2.31. The Hall–Kier alpha value is -4.40. The van der Waals surface area contributed by atoms with Crippen molar-refractivity contribution in [3.8, 4) is 5.75 Å². The second kappa shape index (κ2) is 9.69. The SMILES string of the molecule is CCCCn1c(COc2ccc3c(C)cc(=O)oc3c2)nc2c1c(=O)[nH]c(=O)n2Cc1ccccc1. The lowest BCUT2D eigenvalue weighted by molar-refractivity contribution is 0.289. The van der Waals surface area contributed by atoms with Crippen molar-refractivity contribution in [1.29, 1.82) is 0 Å². The van der Waals surface area contributed by atoms with Crippen LogP contribution in [0.3, 0.4) is 0 Å². The highest BCUT2D eigenvalue weighted by molar-refractivity contribution is 5.81. The highest BCUT2D eigenvalue weighted by atomic mass is 16.5. The van der Waals surface area contributed by atoms with Crippen LogP contribution in [-0.2, 0) is 19.7 Å². The number of nitrogens with one attached hydrogen (secondary N) is 1. The van der Waals surface area contributed by atoms with Gasteiger partial charge in [0.25, 0.3) is 5.56 Å². The Morgan fingerprint density at radius 1 is 1.03 bits per heavy atom. The van der Waals surface area contributed by atoms with Crippen molar-refractivity contribution in [2.75, 3.05) is 0 Å². The molecule has 0 bridgehead atoms. The summed E-state index contributed by atoms with van der Waals surface area (Å²) in [4.78, 5) is 44.5. The molecule has 0 unspecified atom stereocenters. The summed E-state index contributed by atoms with van der Waals surface area (Å²) in [5, 5.41) is 0.827. The molecule has 0 aliphatic carbocycles. The summed E-state index contributed by atoms with van der Waals surface area (Å²) in [5.41, 5.74) is 1.44. The molecule has 0 fully saturated rings. The van der Waals surface area contributed by atoms with E-state index in [0.29, 0.717) is 34.9 Å². The maximum atomic E-state index is 12.9. The van der Waals surface area contributed by atoms with Gasteiger partial charge in [-0.15, -0.1) is 0 Å². The molecular weight excluding hydrogens is 460 g/mol. The first-order chi connectivity index (χ1) is 17.4. The topological polar surface area (TPSA) is 112 Å². The molecule has 0 saturated heterocycles. The normalized spacial score (nSPS) is 11.4. The van der Waals surface area contributed by atoms with Crippen molar-refractivity contribution in [2.24, 2.45) is 0 Å². The Morgan fingerprint density at radius 2 is 1.83 bits per heavy atom. The van der Waals surface area contributed by atoms with Crippen molar-refractivity contribution < 1.29 is 9.15 Å². The van der Waals surface area contributed by atoms with Gasteiger partial charge < -0.3 is 13.7 Å². The molecule has 1 N–H and O–H groups in total. The molecule has 36 heavy (non-hydrogen) atoms. The van der Waals surface area contributed by atoms with Gasteiger partial charge in [0.1, 0.15) is 23.8 Å². The van der Waals surface area contributed by atoms with Gasteiger partial charge in [0.15, 0.2) is 11.2 Å². The highest BCUT2D eigenvalue weighted by Gasteiger charge is 2.19. The van der Waals surface area contributed by atoms with Crippen molar-refractivity contribution >= 4 is 22.1 Å². The maximum Gasteiger partial charge on any atom is 0.336 e. The summed E-state index contributed by atoms with van der Waals surface area (Å²) in [5.74, 6) is 1.03. The van der Waals surface area contributed by atoms with Gasteiger partial charge >= 0.3 is 11.3 Å². The average Bonchev–Trinajstić information content (AvgIpc) is 3.23. The van der Waals surface area contributed by atoms with Crippen LogP contribution in [0.4, 0.5) is 0 Å². The van der Waals surface area contributed by atoms with Gasteiger partial charge in [0.2, 0.25) is 0 Å². The van der Waals surface area contributed by atoms with E-state index in [1.807, 2.05) is 47.9 Å². The van der Waals surface area contributed by atoms with Crippen LogP contribution in [0.25, 0.3) is 22.1 Å². The van der Waals surface area contributed by atoms with E-state index in [1.165, 1.54) is 10.6 Å². The molecule has 3 heterocycles. The molecule has 0 atom stereocenters. The van der Waals surface area contributed by atoms with Gasteiger partial charge in [-0.3, -0.25) is 14.3 Å². The third-order valence-electron chi connectivity index (χ3n) is 6.17. The van der Waals surface area contributed by atoms with Crippen LogP contribution in [0.1, 0.15) is 36.7 Å². The Bertz CT molecular complexity index is 1730. The molecule has 5 rings (SSSR count). The zero-order chi connectivity index (χ0) is 25.2. The predicted molar refractivity (Wildman–Crippen MR) is 137 cm³/mol. The second-order valence-corrected chi connectivity index (χ2v) is 8.73. The van der Waals surface area contributed by atoms with Crippen molar-refractivity contribution in [2.45, 2.75) is 46.4 Å². The van der Waals surface area contributed by atoms with Gasteiger partial charge in [0.05, 0.1) is 6.54 Å². The molecule has 0 spiro atoms. The Morgan fingerprint density at radius 3 is 2.61 bits per heavy atom. The number of H-pyrrole nitrogens is 1. The number of aromatic nitrogens is 4. The minimum atomic E-state index is -0.510. The largest absolute Gasteiger partial charge is 0.486 e. The van der Waals surface area contributed by atoms with Crippen LogP contribution in [-0.4, -0.2) is 19.1 Å². The van der Waals surface area contributed by atoms with Crippen LogP contribution in [0.15, 0.2) is 73.4 Å². The third kappa shape index (κ3) is 4.47. The van der Waals surface area contributed by atoms with Gasteiger partial charge in [-0.2, -0.15) is 0 Å². The van der Waals surface area contributed by atoms with E-state index in [1.54, 1.807) is 12.1 Å². The summed E-state index contributed by atoms with van der Waals surface area (Å²) in [7, 11) is 0. The summed E-state index contributed by atoms with van der Waals surface area (Å²) < 4.78 is 14.6. The fourth-order valence-corrected chi connectivity index (χ4v) is 4.34. The van der Waals surface area contributed by atoms with Crippen LogP contribution in [0, 0.1) is 6.92 Å². The molecule has 0 saturated carbocycles. The molecule has 0 aliphatic rings. The van der Waals surface area contributed by atoms with E-state index in [0.717, 1.165) is 29.4 Å². The van der Waals surface area contributed by atoms with E-state index in [-0.39, 0.29) is 13.2 Å². The summed E-state index contributed by atoms with van der Waals surface area (Å²) in [6.07, 6.45) is 1.75. The number of aryl methyl sites for hydroxylation is 2. The Kier molecular flexibility index (Phi) is 6.28. The number of rotatable bonds is 8. The van der Waals surface area contributed by atoms with Gasteiger partial charge in [-0.05, 0) is 36.6 Å². The first-order valence-corrected chi connectivity index (χ1v) is 11.9. The number of nitrogens with zero attached hydrogens (tertiary/aromatic N) is 3. The predicted octanol–water partition coefficient (Wildman–Crippen LogP) is 3.73. The fraction of sp³-hybridized carbons (Fsp3) is 0.259. The molecule has 0 radical (unpaired) electrons. The summed E-state index contributed by atoms with van der Waals surface area (Å²) >= 11 is 0. The average molecular weight is 487 g/mol. The van der Waals surface area contributed by atoms with Gasteiger partial charge in [-0.25, -0.2) is 14.6 Å². The fourth-order valence-electron chi connectivity index (χ4n) is 4.34. The third-order valence-corrected chi connectivity index (χ3v) is 6.17. The highest BCUT2D eigenvalue weighted by Crippen LogP contribution is 2.23. The van der Waals surface area contributed by atoms with Gasteiger partial charge in [-0.1, -0.05) is 43.7 Å². The Labute approximate surface area is 205 Å². The van der Waals surface area contributed by atoms with E-state index < -0.39 is 16.9 Å². The molecule has 2 aromatic carbocycles. The van der Waals surface area contributed by atoms with E-state index in [9.17, 15) is 14.4 Å². The lowest BCUT2D eigenvalue weighted by atomic mass is 10.1.